The summed E-state index contributed by atoms with van der Waals surface area (Å²) in [4.78, 5) is 24.4. The summed E-state index contributed by atoms with van der Waals surface area (Å²) >= 11 is 0. The van der Waals surface area contributed by atoms with Crippen LogP contribution in [0.2, 0.25) is 0 Å². The van der Waals surface area contributed by atoms with Crippen LogP contribution >= 0.6 is 0 Å². The molecule has 1 aliphatic carbocycles. The van der Waals surface area contributed by atoms with Gasteiger partial charge in [0.1, 0.15) is 0 Å². The molecular formula is C12H20N4O2. The molecule has 1 heterocycles. The molecule has 3 N–H and O–H groups in total. The maximum Gasteiger partial charge on any atom is 0.342 e. The van der Waals surface area contributed by atoms with Gasteiger partial charge in [0.25, 0.3) is 5.56 Å². The molecule has 1 aromatic heterocycles. The molecule has 0 amide bonds. The molecule has 18 heavy (non-hydrogen) atoms. The second kappa shape index (κ2) is 5.84. The average molecular weight is 252 g/mol. The smallest absolute Gasteiger partial charge is 0.342 e. The Kier molecular flexibility index (Phi) is 4.17. The second-order valence-corrected chi connectivity index (χ2v) is 5.03. The van der Waals surface area contributed by atoms with E-state index in [1.807, 2.05) is 0 Å². The Morgan fingerprint density at radius 3 is 2.50 bits per heavy atom. The Morgan fingerprint density at radius 1 is 1.22 bits per heavy atom. The molecule has 100 valence electrons. The standard InChI is InChI=1S/C12H20N4O2/c1-2-8-3-5-9(6-4-8)7-13-10-11(17)14-12(18)16-15-10/h8-9H,2-7H2,1H3,(H,13,15)(H2,14,16,17,18). The van der Waals surface area contributed by atoms with Crippen molar-refractivity contribution in [2.45, 2.75) is 39.0 Å². The van der Waals surface area contributed by atoms with Crippen molar-refractivity contribution in [3.8, 4) is 0 Å². The van der Waals surface area contributed by atoms with E-state index >= 15 is 0 Å². The van der Waals surface area contributed by atoms with Gasteiger partial charge in [-0.3, -0.25) is 9.78 Å². The number of hydrogen-bond donors (Lipinski definition) is 3. The summed E-state index contributed by atoms with van der Waals surface area (Å²) in [5.41, 5.74) is -1.03. The summed E-state index contributed by atoms with van der Waals surface area (Å²) in [6.07, 6.45) is 6.22. The molecule has 6 nitrogen and oxygen atoms in total. The van der Waals surface area contributed by atoms with Crippen molar-refractivity contribution in [1.82, 2.24) is 15.2 Å². The maximum absolute atomic E-state index is 11.4. The van der Waals surface area contributed by atoms with E-state index in [1.165, 1.54) is 32.1 Å². The molecule has 0 radical (unpaired) electrons. The van der Waals surface area contributed by atoms with Crippen molar-refractivity contribution in [1.29, 1.82) is 0 Å². The Morgan fingerprint density at radius 2 is 1.89 bits per heavy atom. The zero-order chi connectivity index (χ0) is 13.0. The van der Waals surface area contributed by atoms with E-state index in [1.54, 1.807) is 0 Å². The number of H-pyrrole nitrogens is 2. The fraction of sp³-hybridized carbons (Fsp3) is 0.750. The lowest BCUT2D eigenvalue weighted by molar-refractivity contribution is 0.278. The van der Waals surface area contributed by atoms with Gasteiger partial charge in [0.05, 0.1) is 0 Å². The van der Waals surface area contributed by atoms with Gasteiger partial charge in [-0.05, 0) is 24.7 Å². The minimum Gasteiger partial charge on any atom is -0.364 e. The van der Waals surface area contributed by atoms with E-state index in [-0.39, 0.29) is 5.82 Å². The maximum atomic E-state index is 11.4. The van der Waals surface area contributed by atoms with Crippen molar-refractivity contribution in [3.63, 3.8) is 0 Å². The highest BCUT2D eigenvalue weighted by atomic mass is 16.2. The average Bonchev–Trinajstić information content (AvgIpc) is 2.38. The normalized spacial score (nSPS) is 23.8. The van der Waals surface area contributed by atoms with Crippen LogP contribution in [0.4, 0.5) is 5.82 Å². The van der Waals surface area contributed by atoms with Crippen molar-refractivity contribution >= 4 is 5.82 Å². The van der Waals surface area contributed by atoms with E-state index < -0.39 is 11.2 Å². The summed E-state index contributed by atoms with van der Waals surface area (Å²) in [6.45, 7) is 2.99. The van der Waals surface area contributed by atoms with Crippen LogP contribution in [0, 0.1) is 11.8 Å². The number of nitrogens with one attached hydrogen (secondary N) is 3. The van der Waals surface area contributed by atoms with Crippen LogP contribution in [0.15, 0.2) is 9.59 Å². The minimum absolute atomic E-state index is 0.201. The van der Waals surface area contributed by atoms with Crippen LogP contribution in [0.3, 0.4) is 0 Å². The van der Waals surface area contributed by atoms with Gasteiger partial charge < -0.3 is 5.32 Å². The van der Waals surface area contributed by atoms with Crippen molar-refractivity contribution in [2.24, 2.45) is 11.8 Å². The third-order valence-corrected chi connectivity index (χ3v) is 3.81. The number of anilines is 1. The number of aromatic nitrogens is 3. The van der Waals surface area contributed by atoms with Crippen LogP contribution in [0.5, 0.6) is 0 Å². The highest BCUT2D eigenvalue weighted by Gasteiger charge is 2.20. The molecule has 6 heteroatoms. The third-order valence-electron chi connectivity index (χ3n) is 3.81. The molecule has 0 saturated heterocycles. The number of nitrogens with zero attached hydrogens (tertiary/aromatic N) is 1. The zero-order valence-electron chi connectivity index (χ0n) is 10.7. The molecule has 0 bridgehead atoms. The van der Waals surface area contributed by atoms with E-state index in [4.69, 9.17) is 0 Å². The Hall–Kier alpha value is -1.59. The quantitative estimate of drug-likeness (QED) is 0.748. The fourth-order valence-electron chi connectivity index (χ4n) is 2.55. The predicted molar refractivity (Wildman–Crippen MR) is 69.7 cm³/mol. The Bertz CT molecular complexity index is 485. The first-order valence-electron chi connectivity index (χ1n) is 6.62. The van der Waals surface area contributed by atoms with Gasteiger partial charge in [-0.15, -0.1) is 5.10 Å². The topological polar surface area (TPSA) is 90.6 Å². The predicted octanol–water partition coefficient (Wildman–Crippen LogP) is 1.09. The van der Waals surface area contributed by atoms with Crippen LogP contribution in [0.1, 0.15) is 39.0 Å². The molecule has 0 unspecified atom stereocenters. The molecular weight excluding hydrogens is 232 g/mol. The van der Waals surface area contributed by atoms with E-state index in [0.29, 0.717) is 5.92 Å². The summed E-state index contributed by atoms with van der Waals surface area (Å²) < 4.78 is 0. The summed E-state index contributed by atoms with van der Waals surface area (Å²) in [5.74, 6) is 1.67. The first kappa shape index (κ1) is 12.9. The summed E-state index contributed by atoms with van der Waals surface area (Å²) in [6, 6.07) is 0. The molecule has 2 rings (SSSR count). The molecule has 1 saturated carbocycles. The number of hydrogen-bond acceptors (Lipinski definition) is 4. The van der Waals surface area contributed by atoms with Gasteiger partial charge in [0.2, 0.25) is 5.82 Å². The van der Waals surface area contributed by atoms with Crippen LogP contribution in [-0.4, -0.2) is 21.7 Å². The van der Waals surface area contributed by atoms with Crippen LogP contribution in [-0.2, 0) is 0 Å². The summed E-state index contributed by atoms with van der Waals surface area (Å²) in [7, 11) is 0. The minimum atomic E-state index is -0.575. The monoisotopic (exact) mass is 252 g/mol. The van der Waals surface area contributed by atoms with Crippen molar-refractivity contribution < 1.29 is 0 Å². The lowest BCUT2D eigenvalue weighted by Gasteiger charge is -2.27. The first-order chi connectivity index (χ1) is 8.69. The van der Waals surface area contributed by atoms with Crippen molar-refractivity contribution in [3.05, 3.63) is 20.8 Å². The van der Waals surface area contributed by atoms with E-state index in [2.05, 4.69) is 27.4 Å². The van der Waals surface area contributed by atoms with Crippen molar-refractivity contribution in [2.75, 3.05) is 11.9 Å². The Balaban J connectivity index is 1.85. The third kappa shape index (κ3) is 3.21. The SMILES string of the molecule is CCC1CCC(CNc2n[nH]c(=O)[nH]c2=O)CC1. The highest BCUT2D eigenvalue weighted by Crippen LogP contribution is 2.30. The molecule has 0 atom stereocenters. The highest BCUT2D eigenvalue weighted by molar-refractivity contribution is 5.28. The molecule has 0 spiro atoms. The molecule has 1 aliphatic rings. The molecule has 0 aliphatic heterocycles. The molecule has 0 aromatic carbocycles. The van der Waals surface area contributed by atoms with E-state index in [0.717, 1.165) is 12.5 Å². The van der Waals surface area contributed by atoms with Crippen LogP contribution in [0.25, 0.3) is 0 Å². The van der Waals surface area contributed by atoms with Gasteiger partial charge >= 0.3 is 5.69 Å². The zero-order valence-corrected chi connectivity index (χ0v) is 10.7. The lowest BCUT2D eigenvalue weighted by atomic mass is 9.81. The first-order valence-corrected chi connectivity index (χ1v) is 6.62. The van der Waals surface area contributed by atoms with Gasteiger partial charge in [-0.2, -0.15) is 0 Å². The lowest BCUT2D eigenvalue weighted by Crippen LogP contribution is -2.29. The number of rotatable bonds is 4. The Labute approximate surface area is 105 Å². The van der Waals surface area contributed by atoms with Gasteiger partial charge in [0, 0.05) is 6.54 Å². The largest absolute Gasteiger partial charge is 0.364 e. The number of aromatic amines is 2. The summed E-state index contributed by atoms with van der Waals surface area (Å²) in [5, 5.41) is 8.94. The van der Waals surface area contributed by atoms with E-state index in [9.17, 15) is 9.59 Å². The second-order valence-electron chi connectivity index (χ2n) is 5.03. The van der Waals surface area contributed by atoms with Gasteiger partial charge in [-0.25, -0.2) is 9.89 Å². The molecule has 1 aromatic rings. The van der Waals surface area contributed by atoms with Gasteiger partial charge in [0.15, 0.2) is 0 Å². The van der Waals surface area contributed by atoms with Crippen LogP contribution < -0.4 is 16.6 Å². The molecule has 1 fully saturated rings. The fourth-order valence-corrected chi connectivity index (χ4v) is 2.55. The van der Waals surface area contributed by atoms with Gasteiger partial charge in [-0.1, -0.05) is 26.2 Å².